The first kappa shape index (κ1) is 17.8. The first-order chi connectivity index (χ1) is 11.6. The van der Waals surface area contributed by atoms with E-state index in [1.807, 2.05) is 6.07 Å². The molecule has 6 heteroatoms. The highest BCUT2D eigenvalue weighted by atomic mass is 35.5. The Morgan fingerprint density at radius 1 is 1.12 bits per heavy atom. The Labute approximate surface area is 146 Å². The summed E-state index contributed by atoms with van der Waals surface area (Å²) in [5, 5.41) is 5.96. The molecule has 0 saturated heterocycles. The Bertz CT molecular complexity index is 719. The van der Waals surface area contributed by atoms with Crippen molar-refractivity contribution in [1.29, 1.82) is 0 Å². The lowest BCUT2D eigenvalue weighted by molar-refractivity contribution is -0.121. The predicted molar refractivity (Wildman–Crippen MR) is 93.2 cm³/mol. The van der Waals surface area contributed by atoms with Gasteiger partial charge in [0.05, 0.1) is 13.0 Å². The molecule has 0 saturated carbocycles. The van der Waals surface area contributed by atoms with Crippen molar-refractivity contribution in [3.63, 3.8) is 0 Å². The summed E-state index contributed by atoms with van der Waals surface area (Å²) in [4.78, 5) is 23.4. The zero-order valence-corrected chi connectivity index (χ0v) is 14.1. The lowest BCUT2D eigenvalue weighted by Crippen LogP contribution is -2.24. The predicted octanol–water partition coefficient (Wildman–Crippen LogP) is 2.78. The van der Waals surface area contributed by atoms with E-state index in [4.69, 9.17) is 16.3 Å². The van der Waals surface area contributed by atoms with Crippen molar-refractivity contribution >= 4 is 23.4 Å². The third-order valence-electron chi connectivity index (χ3n) is 3.30. The molecule has 5 nitrogen and oxygen atoms in total. The zero-order chi connectivity index (χ0) is 17.4. The summed E-state index contributed by atoms with van der Waals surface area (Å²) >= 11 is 5.86. The summed E-state index contributed by atoms with van der Waals surface area (Å²) in [6.07, 6.45) is 0.238. The first-order valence-corrected chi connectivity index (χ1v) is 7.92. The largest absolute Gasteiger partial charge is 0.493 e. The zero-order valence-electron chi connectivity index (χ0n) is 13.3. The van der Waals surface area contributed by atoms with Crippen LogP contribution in [0.4, 0.5) is 0 Å². The van der Waals surface area contributed by atoms with Crippen LogP contribution in [0, 0.1) is 0 Å². The van der Waals surface area contributed by atoms with Gasteiger partial charge in [-0.15, -0.1) is 0 Å². The third kappa shape index (κ3) is 5.59. The molecule has 0 aliphatic rings. The summed E-state index contributed by atoms with van der Waals surface area (Å²) in [5.41, 5.74) is 1.42. The number of amides is 2. The maximum Gasteiger partial charge on any atom is 0.251 e. The summed E-state index contributed by atoms with van der Waals surface area (Å²) in [6, 6.07) is 14.1. The van der Waals surface area contributed by atoms with Crippen molar-refractivity contribution in [2.24, 2.45) is 0 Å². The van der Waals surface area contributed by atoms with Crippen LogP contribution in [0.1, 0.15) is 22.3 Å². The number of halogens is 1. The van der Waals surface area contributed by atoms with E-state index in [2.05, 4.69) is 10.6 Å². The second-order valence-corrected chi connectivity index (χ2v) is 5.55. The van der Waals surface area contributed by atoms with Gasteiger partial charge in [-0.25, -0.2) is 0 Å². The molecule has 0 heterocycles. The fourth-order valence-electron chi connectivity index (χ4n) is 2.07. The fourth-order valence-corrected chi connectivity index (χ4v) is 2.25. The average Bonchev–Trinajstić information content (AvgIpc) is 2.59. The van der Waals surface area contributed by atoms with Crippen LogP contribution in [0.5, 0.6) is 5.75 Å². The van der Waals surface area contributed by atoms with Gasteiger partial charge in [-0.1, -0.05) is 29.8 Å². The van der Waals surface area contributed by atoms with E-state index in [9.17, 15) is 9.59 Å². The van der Waals surface area contributed by atoms with Crippen LogP contribution in [-0.4, -0.2) is 25.5 Å². The van der Waals surface area contributed by atoms with E-state index < -0.39 is 0 Å². The highest BCUT2D eigenvalue weighted by Crippen LogP contribution is 2.17. The Kier molecular flexibility index (Phi) is 6.63. The number of benzene rings is 2. The molecule has 0 fully saturated rings. The molecule has 2 aromatic carbocycles. The van der Waals surface area contributed by atoms with E-state index in [-0.39, 0.29) is 24.8 Å². The van der Waals surface area contributed by atoms with Crippen molar-refractivity contribution in [1.82, 2.24) is 10.6 Å². The van der Waals surface area contributed by atoms with Crippen molar-refractivity contribution in [2.45, 2.75) is 13.0 Å². The van der Waals surface area contributed by atoms with Crippen LogP contribution >= 0.6 is 11.6 Å². The minimum atomic E-state index is -0.155. The number of hydrogen-bond acceptors (Lipinski definition) is 3. The summed E-state index contributed by atoms with van der Waals surface area (Å²) in [6.45, 7) is 0.630. The molecule has 0 aliphatic heterocycles. The molecular weight excluding hydrogens is 328 g/mol. The Morgan fingerprint density at radius 3 is 2.67 bits per heavy atom. The molecule has 0 atom stereocenters. The number of nitrogens with one attached hydrogen (secondary N) is 2. The first-order valence-electron chi connectivity index (χ1n) is 7.54. The van der Waals surface area contributed by atoms with Gasteiger partial charge in [0.1, 0.15) is 5.75 Å². The quantitative estimate of drug-likeness (QED) is 0.810. The van der Waals surface area contributed by atoms with Gasteiger partial charge in [0, 0.05) is 24.2 Å². The molecule has 0 aliphatic carbocycles. The van der Waals surface area contributed by atoms with Crippen LogP contribution in [0.15, 0.2) is 48.5 Å². The number of hydrogen-bond donors (Lipinski definition) is 2. The van der Waals surface area contributed by atoms with E-state index >= 15 is 0 Å². The molecule has 2 amide bonds. The number of ether oxygens (including phenoxy) is 1. The van der Waals surface area contributed by atoms with Crippen LogP contribution in [0.2, 0.25) is 5.02 Å². The van der Waals surface area contributed by atoms with Crippen molar-refractivity contribution in [2.75, 3.05) is 13.7 Å². The molecule has 0 bridgehead atoms. The smallest absolute Gasteiger partial charge is 0.251 e. The van der Waals surface area contributed by atoms with Gasteiger partial charge in [-0.05, 0) is 35.9 Å². The van der Waals surface area contributed by atoms with Crippen LogP contribution in [0.25, 0.3) is 0 Å². The molecule has 2 rings (SSSR count). The fraction of sp³-hybridized carbons (Fsp3) is 0.222. The van der Waals surface area contributed by atoms with Crippen molar-refractivity contribution in [3.05, 3.63) is 64.7 Å². The highest BCUT2D eigenvalue weighted by molar-refractivity contribution is 6.30. The second-order valence-electron chi connectivity index (χ2n) is 5.11. The van der Waals surface area contributed by atoms with Gasteiger partial charge in [-0.2, -0.15) is 0 Å². The standard InChI is InChI=1S/C18H19ClN2O3/c1-20-18(23)14-5-2-4-13(10-14)12-21-17(22)8-9-24-16-7-3-6-15(19)11-16/h2-7,10-11H,8-9,12H2,1H3,(H,20,23)(H,21,22). The Balaban J connectivity index is 1.76. The number of carbonyl (C=O) groups excluding carboxylic acids is 2. The maximum absolute atomic E-state index is 11.9. The van der Waals surface area contributed by atoms with Crippen LogP contribution in [0.3, 0.4) is 0 Å². The third-order valence-corrected chi connectivity index (χ3v) is 3.53. The molecule has 2 N–H and O–H groups in total. The number of rotatable bonds is 7. The van der Waals surface area contributed by atoms with Crippen LogP contribution in [-0.2, 0) is 11.3 Å². The van der Waals surface area contributed by atoms with Gasteiger partial charge in [0.15, 0.2) is 0 Å². The molecule has 24 heavy (non-hydrogen) atoms. The van der Waals surface area contributed by atoms with E-state index in [1.54, 1.807) is 49.5 Å². The molecular formula is C18H19ClN2O3. The van der Waals surface area contributed by atoms with E-state index in [0.717, 1.165) is 5.56 Å². The Morgan fingerprint density at radius 2 is 1.92 bits per heavy atom. The molecule has 126 valence electrons. The molecule has 0 radical (unpaired) electrons. The SMILES string of the molecule is CNC(=O)c1cccc(CNC(=O)CCOc2cccc(Cl)c2)c1. The van der Waals surface area contributed by atoms with Crippen molar-refractivity contribution < 1.29 is 14.3 Å². The van der Waals surface area contributed by atoms with Gasteiger partial charge in [0.2, 0.25) is 5.91 Å². The normalized spacial score (nSPS) is 10.1. The molecule has 0 spiro atoms. The van der Waals surface area contributed by atoms with Crippen molar-refractivity contribution in [3.8, 4) is 5.75 Å². The molecule has 0 unspecified atom stereocenters. The summed E-state index contributed by atoms with van der Waals surface area (Å²) in [7, 11) is 1.58. The second kappa shape index (κ2) is 8.93. The summed E-state index contributed by atoms with van der Waals surface area (Å²) < 4.78 is 5.48. The average molecular weight is 347 g/mol. The number of carbonyl (C=O) groups is 2. The van der Waals surface area contributed by atoms with Gasteiger partial charge in [0.25, 0.3) is 5.91 Å². The minimum Gasteiger partial charge on any atom is -0.493 e. The Hall–Kier alpha value is -2.53. The highest BCUT2D eigenvalue weighted by Gasteiger charge is 2.06. The molecule has 2 aromatic rings. The van der Waals surface area contributed by atoms with Gasteiger partial charge in [-0.3, -0.25) is 9.59 Å². The van der Waals surface area contributed by atoms with E-state index in [0.29, 0.717) is 22.9 Å². The van der Waals surface area contributed by atoms with E-state index in [1.165, 1.54) is 0 Å². The summed E-state index contributed by atoms with van der Waals surface area (Å²) in [5.74, 6) is 0.356. The monoisotopic (exact) mass is 346 g/mol. The maximum atomic E-state index is 11.9. The minimum absolute atomic E-state index is 0.123. The van der Waals surface area contributed by atoms with Gasteiger partial charge < -0.3 is 15.4 Å². The topological polar surface area (TPSA) is 67.4 Å². The lowest BCUT2D eigenvalue weighted by atomic mass is 10.1. The molecule has 0 aromatic heterocycles. The van der Waals surface area contributed by atoms with Crippen LogP contribution < -0.4 is 15.4 Å². The lowest BCUT2D eigenvalue weighted by Gasteiger charge is -2.08. The van der Waals surface area contributed by atoms with Gasteiger partial charge >= 0.3 is 0 Å².